The monoisotopic (exact) mass is 300 g/mol. The lowest BCUT2D eigenvalue weighted by Gasteiger charge is -2.08. The average Bonchev–Trinajstić information content (AvgIpc) is 2.96. The highest BCUT2D eigenvalue weighted by Crippen LogP contribution is 2.24. The van der Waals surface area contributed by atoms with Crippen molar-refractivity contribution in [3.63, 3.8) is 0 Å². The van der Waals surface area contributed by atoms with Gasteiger partial charge in [0.15, 0.2) is 0 Å². The van der Waals surface area contributed by atoms with Crippen LogP contribution in [-0.2, 0) is 0 Å². The molecule has 112 valence electrons. The molecule has 0 amide bonds. The highest BCUT2D eigenvalue weighted by atomic mass is 16.1. The van der Waals surface area contributed by atoms with Crippen LogP contribution in [0.3, 0.4) is 0 Å². The van der Waals surface area contributed by atoms with E-state index in [-0.39, 0.29) is 5.78 Å². The third-order valence-electron chi connectivity index (χ3n) is 4.13. The highest BCUT2D eigenvalue weighted by molar-refractivity contribution is 6.11. The molecule has 0 unspecified atom stereocenters. The van der Waals surface area contributed by atoms with Gasteiger partial charge in [-0.05, 0) is 25.3 Å². The summed E-state index contributed by atoms with van der Waals surface area (Å²) in [6.07, 6.45) is 1.92. The highest BCUT2D eigenvalue weighted by Gasteiger charge is 2.16. The van der Waals surface area contributed by atoms with Gasteiger partial charge < -0.3 is 0 Å². The van der Waals surface area contributed by atoms with Crippen LogP contribution >= 0.6 is 0 Å². The molecule has 0 saturated heterocycles. The second-order valence-electron chi connectivity index (χ2n) is 5.89. The molecule has 2 heterocycles. The molecule has 4 aromatic rings. The van der Waals surface area contributed by atoms with E-state index >= 15 is 0 Å². The molecule has 0 aliphatic carbocycles. The molecule has 2 aromatic heterocycles. The summed E-state index contributed by atoms with van der Waals surface area (Å²) < 4.78 is 1.90. The van der Waals surface area contributed by atoms with E-state index in [1.54, 1.807) is 0 Å². The molecule has 0 radical (unpaired) electrons. The number of hydrogen-bond acceptors (Lipinski definition) is 2. The van der Waals surface area contributed by atoms with Gasteiger partial charge in [0, 0.05) is 17.1 Å². The van der Waals surface area contributed by atoms with E-state index < -0.39 is 0 Å². The van der Waals surface area contributed by atoms with E-state index in [1.807, 2.05) is 79.0 Å². The number of aromatic nitrogens is 2. The number of benzene rings is 2. The van der Waals surface area contributed by atoms with Gasteiger partial charge in [-0.3, -0.25) is 9.20 Å². The number of ketones is 1. The molecule has 0 saturated carbocycles. The van der Waals surface area contributed by atoms with Crippen LogP contribution in [0.1, 0.15) is 27.3 Å². The van der Waals surface area contributed by atoms with E-state index in [4.69, 9.17) is 0 Å². The molecule has 3 heteroatoms. The normalized spacial score (nSPS) is 11.2. The number of rotatable bonds is 2. The number of aryl methyl sites for hydroxylation is 2. The molecule has 3 nitrogen and oxygen atoms in total. The zero-order chi connectivity index (χ0) is 16.0. The van der Waals surface area contributed by atoms with E-state index in [0.29, 0.717) is 11.3 Å². The number of nitrogens with zero attached hydrogens (tertiary/aromatic N) is 2. The molecule has 23 heavy (non-hydrogen) atoms. The largest absolute Gasteiger partial charge is 0.296 e. The Balaban J connectivity index is 2.01. The van der Waals surface area contributed by atoms with Crippen molar-refractivity contribution in [2.75, 3.05) is 0 Å². The Labute approximate surface area is 134 Å². The van der Waals surface area contributed by atoms with Crippen LogP contribution in [0.25, 0.3) is 16.4 Å². The number of carbonyl (C=O) groups excluding carboxylic acids is 1. The lowest BCUT2D eigenvalue weighted by molar-refractivity contribution is 0.103. The first-order chi connectivity index (χ1) is 11.1. The van der Waals surface area contributed by atoms with Gasteiger partial charge in [0.1, 0.15) is 5.65 Å². The minimum atomic E-state index is 0.0122. The Morgan fingerprint density at radius 1 is 1.00 bits per heavy atom. The second kappa shape index (κ2) is 5.06. The number of fused-ring (bicyclic) bond motifs is 3. The maximum atomic E-state index is 13.0. The molecule has 2 aromatic carbocycles. The number of hydrogen-bond donors (Lipinski definition) is 0. The molecule has 0 N–H and O–H groups in total. The van der Waals surface area contributed by atoms with Crippen LogP contribution in [0.2, 0.25) is 0 Å². The van der Waals surface area contributed by atoms with Gasteiger partial charge in [-0.1, -0.05) is 54.1 Å². The third kappa shape index (κ3) is 2.21. The van der Waals surface area contributed by atoms with Crippen LogP contribution in [0.15, 0.2) is 60.8 Å². The number of pyridine rings is 1. The van der Waals surface area contributed by atoms with Crippen LogP contribution in [0.5, 0.6) is 0 Å². The van der Waals surface area contributed by atoms with Gasteiger partial charge >= 0.3 is 0 Å². The summed E-state index contributed by atoms with van der Waals surface area (Å²) in [5.74, 6) is 0.0122. The van der Waals surface area contributed by atoms with Crippen molar-refractivity contribution in [1.82, 2.24) is 9.38 Å². The van der Waals surface area contributed by atoms with Gasteiger partial charge in [-0.15, -0.1) is 0 Å². The number of imidazole rings is 1. The van der Waals surface area contributed by atoms with E-state index in [1.165, 1.54) is 0 Å². The Morgan fingerprint density at radius 3 is 2.52 bits per heavy atom. The van der Waals surface area contributed by atoms with Crippen LogP contribution in [0, 0.1) is 13.8 Å². The van der Waals surface area contributed by atoms with E-state index in [2.05, 4.69) is 4.98 Å². The minimum Gasteiger partial charge on any atom is -0.296 e. The maximum Gasteiger partial charge on any atom is 0.209 e. The average molecular weight is 300 g/mol. The van der Waals surface area contributed by atoms with Crippen LogP contribution < -0.4 is 0 Å². The van der Waals surface area contributed by atoms with Crippen LogP contribution in [-0.4, -0.2) is 15.2 Å². The van der Waals surface area contributed by atoms with Gasteiger partial charge in [-0.2, -0.15) is 0 Å². The lowest BCUT2D eigenvalue weighted by atomic mass is 10.0. The number of carbonyl (C=O) groups is 1. The third-order valence-corrected chi connectivity index (χ3v) is 4.13. The first-order valence-electron chi connectivity index (χ1n) is 7.62. The Bertz CT molecular complexity index is 1040. The predicted octanol–water partition coefficient (Wildman–Crippen LogP) is 4.34. The Morgan fingerprint density at radius 2 is 1.74 bits per heavy atom. The van der Waals surface area contributed by atoms with Gasteiger partial charge in [0.25, 0.3) is 0 Å². The summed E-state index contributed by atoms with van der Waals surface area (Å²) in [5, 5.41) is 2.09. The van der Waals surface area contributed by atoms with Crippen molar-refractivity contribution in [3.05, 3.63) is 83.3 Å². The van der Waals surface area contributed by atoms with Gasteiger partial charge in [0.2, 0.25) is 5.78 Å². The predicted molar refractivity (Wildman–Crippen MR) is 92.0 cm³/mol. The second-order valence-corrected chi connectivity index (χ2v) is 5.89. The summed E-state index contributed by atoms with van der Waals surface area (Å²) in [4.78, 5) is 17.6. The summed E-state index contributed by atoms with van der Waals surface area (Å²) in [6.45, 7) is 3.96. The molecule has 0 spiro atoms. The van der Waals surface area contributed by atoms with Crippen molar-refractivity contribution in [3.8, 4) is 0 Å². The summed E-state index contributed by atoms with van der Waals surface area (Å²) in [7, 11) is 0. The van der Waals surface area contributed by atoms with Crippen molar-refractivity contribution in [1.29, 1.82) is 0 Å². The molecule has 0 bridgehead atoms. The Hall–Kier alpha value is -2.94. The summed E-state index contributed by atoms with van der Waals surface area (Å²) >= 11 is 0. The zero-order valence-corrected chi connectivity index (χ0v) is 13.1. The zero-order valence-electron chi connectivity index (χ0n) is 13.1. The van der Waals surface area contributed by atoms with Crippen LogP contribution in [0.4, 0.5) is 0 Å². The molecular formula is C20H16N2O. The Kier molecular flexibility index (Phi) is 3.01. The van der Waals surface area contributed by atoms with E-state index in [0.717, 1.165) is 27.7 Å². The molecule has 4 rings (SSSR count). The van der Waals surface area contributed by atoms with Crippen molar-refractivity contribution >= 4 is 22.2 Å². The molecular weight excluding hydrogens is 284 g/mol. The topological polar surface area (TPSA) is 34.4 Å². The van der Waals surface area contributed by atoms with Gasteiger partial charge in [-0.25, -0.2) is 4.98 Å². The van der Waals surface area contributed by atoms with E-state index in [9.17, 15) is 4.79 Å². The first-order valence-corrected chi connectivity index (χ1v) is 7.62. The SMILES string of the molecule is Cc1ccc(C(=O)c2cc3ccccc3c3nc(C)cn23)cc1. The van der Waals surface area contributed by atoms with Crippen molar-refractivity contribution < 1.29 is 4.79 Å². The summed E-state index contributed by atoms with van der Waals surface area (Å²) in [5.41, 5.74) is 4.21. The lowest BCUT2D eigenvalue weighted by Crippen LogP contribution is -2.07. The molecule has 0 fully saturated rings. The standard InChI is InChI=1S/C20H16N2O/c1-13-7-9-15(10-8-13)19(23)18-11-16-5-3-4-6-17(16)20-21-14(2)12-22(18)20/h3-12H,1-2H3. The minimum absolute atomic E-state index is 0.0122. The smallest absolute Gasteiger partial charge is 0.209 e. The van der Waals surface area contributed by atoms with Gasteiger partial charge in [0.05, 0.1) is 11.4 Å². The van der Waals surface area contributed by atoms with Crippen molar-refractivity contribution in [2.45, 2.75) is 13.8 Å². The summed E-state index contributed by atoms with van der Waals surface area (Å²) in [6, 6.07) is 17.7. The van der Waals surface area contributed by atoms with Crippen molar-refractivity contribution in [2.24, 2.45) is 0 Å². The fourth-order valence-electron chi connectivity index (χ4n) is 2.94. The molecule has 0 atom stereocenters. The molecule has 0 aliphatic rings. The fourth-order valence-corrected chi connectivity index (χ4v) is 2.94. The fraction of sp³-hybridized carbons (Fsp3) is 0.100. The first kappa shape index (κ1) is 13.7. The maximum absolute atomic E-state index is 13.0. The molecule has 0 aliphatic heterocycles. The quantitative estimate of drug-likeness (QED) is 0.516.